The number of carboxylic acid groups (broad SMARTS) is 1. The summed E-state index contributed by atoms with van der Waals surface area (Å²) in [6, 6.07) is 7.09. The van der Waals surface area contributed by atoms with E-state index in [-0.39, 0.29) is 17.6 Å². The number of benzene rings is 1. The molecule has 4 nitrogen and oxygen atoms in total. The predicted molar refractivity (Wildman–Crippen MR) is 83.8 cm³/mol. The van der Waals surface area contributed by atoms with Gasteiger partial charge in [-0.2, -0.15) is 0 Å². The highest BCUT2D eigenvalue weighted by molar-refractivity contribution is 5.87. The Balaban J connectivity index is 2.39. The Kier molecular flexibility index (Phi) is 8.01. The Morgan fingerprint density at radius 1 is 1.14 bits per heavy atom. The number of hydrogen-bond acceptors (Lipinski definition) is 4. The minimum atomic E-state index is -1.13. The van der Waals surface area contributed by atoms with Gasteiger partial charge in [-0.3, -0.25) is 0 Å². The van der Waals surface area contributed by atoms with Crippen LogP contribution in [0, 0.1) is 0 Å². The zero-order valence-electron chi connectivity index (χ0n) is 12.9. The van der Waals surface area contributed by atoms with Gasteiger partial charge >= 0.3 is 0 Å². The van der Waals surface area contributed by atoms with Crippen LogP contribution in [0.25, 0.3) is 0 Å². The number of aryl methyl sites for hydroxylation is 1. The van der Waals surface area contributed by atoms with Crippen molar-refractivity contribution < 1.29 is 9.90 Å². The lowest BCUT2D eigenvalue weighted by molar-refractivity contribution is -0.255. The molecule has 1 aromatic rings. The van der Waals surface area contributed by atoms with Gasteiger partial charge < -0.3 is 21.4 Å². The fourth-order valence-corrected chi connectivity index (χ4v) is 2.56. The van der Waals surface area contributed by atoms with Gasteiger partial charge in [-0.15, -0.1) is 0 Å². The summed E-state index contributed by atoms with van der Waals surface area (Å²) in [7, 11) is 0. The number of aromatic carboxylic acids is 1. The quantitative estimate of drug-likeness (QED) is 0.641. The van der Waals surface area contributed by atoms with E-state index in [4.69, 9.17) is 11.5 Å². The monoisotopic (exact) mass is 291 g/mol. The highest BCUT2D eigenvalue weighted by Gasteiger charge is 2.11. The summed E-state index contributed by atoms with van der Waals surface area (Å²) in [5.74, 6) is -1.13. The molecular weight excluding hydrogens is 264 g/mol. The third-order valence-corrected chi connectivity index (χ3v) is 3.81. The molecule has 0 saturated heterocycles. The minimum absolute atomic E-state index is 0.0106. The fraction of sp³-hybridized carbons (Fsp3) is 0.588. The molecule has 4 heteroatoms. The van der Waals surface area contributed by atoms with Crippen molar-refractivity contribution in [2.75, 3.05) is 0 Å². The number of carbonyl (C=O) groups excluding carboxylic acids is 1. The van der Waals surface area contributed by atoms with Crippen molar-refractivity contribution in [3.05, 3.63) is 35.4 Å². The molecular formula is C17H27N2O2-. The lowest BCUT2D eigenvalue weighted by Gasteiger charge is -2.18. The standard InChI is InChI=1S/C17H28N2O2/c1-2-3-4-8-14(18)12-15(19)11-10-13-7-5-6-9-16(13)17(20)21/h5-7,9,14-15H,2-4,8,10-12,18-19H2,1H3,(H,20,21)/p-1. The van der Waals surface area contributed by atoms with Crippen LogP contribution in [0.1, 0.15) is 61.4 Å². The smallest absolute Gasteiger partial charge is 0.0718 e. The van der Waals surface area contributed by atoms with Gasteiger partial charge in [0.15, 0.2) is 0 Å². The summed E-state index contributed by atoms with van der Waals surface area (Å²) < 4.78 is 0. The summed E-state index contributed by atoms with van der Waals surface area (Å²) in [4.78, 5) is 11.0. The van der Waals surface area contributed by atoms with Gasteiger partial charge in [-0.25, -0.2) is 0 Å². The van der Waals surface area contributed by atoms with E-state index < -0.39 is 5.97 Å². The molecule has 0 aliphatic carbocycles. The lowest BCUT2D eigenvalue weighted by Crippen LogP contribution is -2.32. The van der Waals surface area contributed by atoms with E-state index >= 15 is 0 Å². The van der Waals surface area contributed by atoms with Crippen LogP contribution in [0.2, 0.25) is 0 Å². The Morgan fingerprint density at radius 3 is 2.48 bits per heavy atom. The Bertz CT molecular complexity index is 435. The van der Waals surface area contributed by atoms with Crippen LogP contribution >= 0.6 is 0 Å². The molecule has 118 valence electrons. The maximum Gasteiger partial charge on any atom is 0.0718 e. The number of unbranched alkanes of at least 4 members (excludes halogenated alkanes) is 2. The van der Waals surface area contributed by atoms with Crippen molar-refractivity contribution in [2.24, 2.45) is 11.5 Å². The molecule has 0 aliphatic rings. The van der Waals surface area contributed by atoms with E-state index in [1.54, 1.807) is 12.1 Å². The van der Waals surface area contributed by atoms with Crippen molar-refractivity contribution in [1.82, 2.24) is 0 Å². The molecule has 0 heterocycles. The Hall–Kier alpha value is -1.39. The second kappa shape index (κ2) is 9.53. The number of hydrogen-bond donors (Lipinski definition) is 2. The Labute approximate surface area is 127 Å². The van der Waals surface area contributed by atoms with Gasteiger partial charge in [0.2, 0.25) is 0 Å². The molecule has 0 bridgehead atoms. The normalized spacial score (nSPS) is 13.9. The number of nitrogens with two attached hydrogens (primary N) is 2. The zero-order chi connectivity index (χ0) is 15.7. The SMILES string of the molecule is CCCCCC(N)CC(N)CCc1ccccc1C(=O)[O-]. The summed E-state index contributed by atoms with van der Waals surface area (Å²) in [5, 5.41) is 11.0. The fourth-order valence-electron chi connectivity index (χ4n) is 2.56. The van der Waals surface area contributed by atoms with Gasteiger partial charge in [0, 0.05) is 17.6 Å². The van der Waals surface area contributed by atoms with Crippen molar-refractivity contribution >= 4 is 5.97 Å². The third-order valence-electron chi connectivity index (χ3n) is 3.81. The summed E-state index contributed by atoms with van der Waals surface area (Å²) in [5.41, 5.74) is 13.2. The number of carboxylic acids is 1. The lowest BCUT2D eigenvalue weighted by atomic mass is 9.96. The first kappa shape index (κ1) is 17.7. The molecule has 1 aromatic carbocycles. The van der Waals surface area contributed by atoms with Gasteiger partial charge in [-0.1, -0.05) is 50.5 Å². The minimum Gasteiger partial charge on any atom is -0.545 e. The topological polar surface area (TPSA) is 92.2 Å². The number of carbonyl (C=O) groups is 1. The third kappa shape index (κ3) is 6.74. The summed E-state index contributed by atoms with van der Waals surface area (Å²) in [6.45, 7) is 2.17. The summed E-state index contributed by atoms with van der Waals surface area (Å²) >= 11 is 0. The van der Waals surface area contributed by atoms with Crippen molar-refractivity contribution in [3.8, 4) is 0 Å². The number of rotatable bonds is 10. The Morgan fingerprint density at radius 2 is 1.81 bits per heavy atom. The zero-order valence-corrected chi connectivity index (χ0v) is 12.9. The molecule has 0 fully saturated rings. The van der Waals surface area contributed by atoms with E-state index in [2.05, 4.69) is 6.92 Å². The molecule has 4 N–H and O–H groups in total. The van der Waals surface area contributed by atoms with E-state index in [9.17, 15) is 9.90 Å². The molecule has 0 spiro atoms. The van der Waals surface area contributed by atoms with E-state index in [0.29, 0.717) is 6.42 Å². The second-order valence-electron chi connectivity index (χ2n) is 5.73. The van der Waals surface area contributed by atoms with Crippen molar-refractivity contribution in [3.63, 3.8) is 0 Å². The van der Waals surface area contributed by atoms with Crippen LogP contribution < -0.4 is 16.6 Å². The van der Waals surface area contributed by atoms with Crippen molar-refractivity contribution in [2.45, 2.75) is 64.0 Å². The summed E-state index contributed by atoms with van der Waals surface area (Å²) in [6.07, 6.45) is 6.74. The predicted octanol–water partition coefficient (Wildman–Crippen LogP) is 1.61. The molecule has 0 aliphatic heterocycles. The molecule has 0 radical (unpaired) electrons. The van der Waals surface area contributed by atoms with Crippen LogP contribution in [0.15, 0.2) is 24.3 Å². The molecule has 0 aromatic heterocycles. The highest BCUT2D eigenvalue weighted by atomic mass is 16.4. The average molecular weight is 291 g/mol. The average Bonchev–Trinajstić information content (AvgIpc) is 2.45. The first-order valence-corrected chi connectivity index (χ1v) is 7.85. The molecule has 1 rings (SSSR count). The molecule has 0 saturated carbocycles. The van der Waals surface area contributed by atoms with E-state index in [0.717, 1.165) is 31.2 Å². The van der Waals surface area contributed by atoms with E-state index in [1.165, 1.54) is 12.8 Å². The van der Waals surface area contributed by atoms with Crippen LogP contribution in [0.3, 0.4) is 0 Å². The van der Waals surface area contributed by atoms with Crippen molar-refractivity contribution in [1.29, 1.82) is 0 Å². The largest absolute Gasteiger partial charge is 0.545 e. The van der Waals surface area contributed by atoms with Crippen LogP contribution in [0.4, 0.5) is 0 Å². The maximum atomic E-state index is 11.0. The van der Waals surface area contributed by atoms with Crippen LogP contribution in [-0.2, 0) is 6.42 Å². The highest BCUT2D eigenvalue weighted by Crippen LogP contribution is 2.13. The first-order valence-electron chi connectivity index (χ1n) is 7.85. The van der Waals surface area contributed by atoms with E-state index in [1.807, 2.05) is 12.1 Å². The van der Waals surface area contributed by atoms with Gasteiger partial charge in [0.25, 0.3) is 0 Å². The van der Waals surface area contributed by atoms with Crippen LogP contribution in [0.5, 0.6) is 0 Å². The second-order valence-corrected chi connectivity index (χ2v) is 5.73. The molecule has 0 amide bonds. The molecule has 2 unspecified atom stereocenters. The van der Waals surface area contributed by atoms with Gasteiger partial charge in [0.05, 0.1) is 5.97 Å². The van der Waals surface area contributed by atoms with Crippen LogP contribution in [-0.4, -0.2) is 18.1 Å². The van der Waals surface area contributed by atoms with Gasteiger partial charge in [0.1, 0.15) is 0 Å². The molecule has 2 atom stereocenters. The van der Waals surface area contributed by atoms with Gasteiger partial charge in [-0.05, 0) is 31.2 Å². The maximum absolute atomic E-state index is 11.0. The molecule has 21 heavy (non-hydrogen) atoms. The first-order chi connectivity index (χ1) is 10.0.